The monoisotopic (exact) mass is 399 g/mol. The van der Waals surface area contributed by atoms with Crippen molar-refractivity contribution in [2.75, 3.05) is 13.1 Å². The fourth-order valence-electron chi connectivity index (χ4n) is 3.02. The minimum absolute atomic E-state index is 0.314. The van der Waals surface area contributed by atoms with Crippen LogP contribution >= 0.6 is 11.6 Å². The zero-order chi connectivity index (χ0) is 19.6. The van der Waals surface area contributed by atoms with Crippen molar-refractivity contribution >= 4 is 27.7 Å². The smallest absolute Gasteiger partial charge is 0.207 e. The lowest BCUT2D eigenvalue weighted by atomic mass is 10.0. The molecule has 0 saturated carbocycles. The van der Waals surface area contributed by atoms with Gasteiger partial charge in [-0.15, -0.1) is 0 Å². The van der Waals surface area contributed by atoms with Gasteiger partial charge < -0.3 is 0 Å². The molecule has 1 aliphatic heterocycles. The molecule has 27 heavy (non-hydrogen) atoms. The summed E-state index contributed by atoms with van der Waals surface area (Å²) in [5.74, 6) is 0. The van der Waals surface area contributed by atoms with Crippen LogP contribution in [0.3, 0.4) is 0 Å². The Labute approximate surface area is 166 Å². The third-order valence-corrected chi connectivity index (χ3v) is 6.61. The van der Waals surface area contributed by atoms with Crippen molar-refractivity contribution in [3.8, 4) is 0 Å². The Kier molecular flexibility index (Phi) is 5.70. The summed E-state index contributed by atoms with van der Waals surface area (Å²) in [4.78, 5) is 0.314. The lowest BCUT2D eigenvalue weighted by molar-refractivity contribution is 0.483. The molecule has 0 atom stereocenters. The molecule has 0 unspecified atom stereocenters. The second-order valence-corrected chi connectivity index (χ2v) is 9.13. The molecule has 0 radical (unpaired) electrons. The average Bonchev–Trinajstić information content (AvgIpc) is 3.06. The molecule has 1 aliphatic rings. The fourth-order valence-corrected chi connectivity index (χ4v) is 4.60. The number of rotatable bonds is 5. The summed E-state index contributed by atoms with van der Waals surface area (Å²) in [6.45, 7) is 8.53. The molecule has 2 aromatic carbocycles. The first-order chi connectivity index (χ1) is 12.8. The third kappa shape index (κ3) is 4.41. The number of benzene rings is 2. The van der Waals surface area contributed by atoms with Gasteiger partial charge in [-0.2, -0.15) is 4.31 Å². The molecule has 1 heterocycles. The number of hydrogen-bond acceptors (Lipinski definition) is 2. The minimum Gasteiger partial charge on any atom is -0.207 e. The lowest BCUT2D eigenvalue weighted by Gasteiger charge is -2.17. The van der Waals surface area contributed by atoms with Crippen LogP contribution in [0.4, 0.5) is 0 Å². The predicted octanol–water partition coefficient (Wildman–Crippen LogP) is 5.24. The standard InChI is InChI=1S/C22H22ClNO2S/c1-16(2)22-15-24(27(25,26)21-11-7-17(3)8-12-21)14-19(22)10-9-18-5-4-6-20(23)13-18/h4-13H,1,14-15H2,2-3H3/b10-9+. The van der Waals surface area contributed by atoms with E-state index in [1.54, 1.807) is 12.1 Å². The summed E-state index contributed by atoms with van der Waals surface area (Å²) in [5, 5.41) is 0.668. The van der Waals surface area contributed by atoms with Crippen molar-refractivity contribution in [1.29, 1.82) is 0 Å². The van der Waals surface area contributed by atoms with E-state index in [-0.39, 0.29) is 0 Å². The molecule has 3 nitrogen and oxygen atoms in total. The Morgan fingerprint density at radius 1 is 1.11 bits per heavy atom. The van der Waals surface area contributed by atoms with Crippen LogP contribution in [0.1, 0.15) is 18.1 Å². The van der Waals surface area contributed by atoms with Crippen LogP contribution in [-0.2, 0) is 10.0 Å². The Hall–Kier alpha value is -2.14. The fraction of sp³-hybridized carbons (Fsp3) is 0.182. The van der Waals surface area contributed by atoms with Gasteiger partial charge in [0.15, 0.2) is 0 Å². The van der Waals surface area contributed by atoms with E-state index in [0.717, 1.165) is 27.8 Å². The average molecular weight is 400 g/mol. The highest BCUT2D eigenvalue weighted by atomic mass is 35.5. The second-order valence-electron chi connectivity index (χ2n) is 6.76. The van der Waals surface area contributed by atoms with Crippen molar-refractivity contribution < 1.29 is 8.42 Å². The SMILES string of the molecule is C=C(C)C1=C(/C=C/c2cccc(Cl)c2)CN(S(=O)(=O)c2ccc(C)cc2)C1. The van der Waals surface area contributed by atoms with E-state index in [0.29, 0.717) is 23.0 Å². The first kappa shape index (κ1) is 19.6. The summed E-state index contributed by atoms with van der Waals surface area (Å²) >= 11 is 6.03. The summed E-state index contributed by atoms with van der Waals surface area (Å²) in [6.07, 6.45) is 3.91. The van der Waals surface area contributed by atoms with Crippen LogP contribution in [0, 0.1) is 6.92 Å². The zero-order valence-electron chi connectivity index (χ0n) is 15.4. The van der Waals surface area contributed by atoms with Gasteiger partial charge in [0.1, 0.15) is 0 Å². The van der Waals surface area contributed by atoms with Crippen LogP contribution in [0.2, 0.25) is 5.02 Å². The van der Waals surface area contributed by atoms with Gasteiger partial charge in [-0.05, 0) is 54.8 Å². The molecular weight excluding hydrogens is 378 g/mol. The molecule has 0 bridgehead atoms. The van der Waals surface area contributed by atoms with Gasteiger partial charge in [-0.1, -0.05) is 65.7 Å². The first-order valence-corrected chi connectivity index (χ1v) is 10.5. The quantitative estimate of drug-likeness (QED) is 0.689. The number of hydrogen-bond donors (Lipinski definition) is 0. The molecule has 0 amide bonds. The number of halogens is 1. The molecular formula is C22H22ClNO2S. The van der Waals surface area contributed by atoms with E-state index < -0.39 is 10.0 Å². The van der Waals surface area contributed by atoms with Gasteiger partial charge in [-0.25, -0.2) is 8.42 Å². The number of sulfonamides is 1. The van der Waals surface area contributed by atoms with Crippen molar-refractivity contribution in [3.05, 3.63) is 94.1 Å². The summed E-state index contributed by atoms with van der Waals surface area (Å²) < 4.78 is 27.5. The maximum atomic E-state index is 13.0. The van der Waals surface area contributed by atoms with E-state index in [1.807, 2.05) is 62.4 Å². The molecule has 0 N–H and O–H groups in total. The molecule has 0 spiro atoms. The largest absolute Gasteiger partial charge is 0.243 e. The summed E-state index contributed by atoms with van der Waals surface area (Å²) in [6, 6.07) is 14.5. The van der Waals surface area contributed by atoms with Gasteiger partial charge in [-0.3, -0.25) is 0 Å². The molecule has 2 aromatic rings. The molecule has 0 aliphatic carbocycles. The van der Waals surface area contributed by atoms with Crippen LogP contribution in [0.15, 0.2) is 82.8 Å². The molecule has 0 aromatic heterocycles. The van der Waals surface area contributed by atoms with Gasteiger partial charge in [0.25, 0.3) is 0 Å². The van der Waals surface area contributed by atoms with E-state index in [9.17, 15) is 8.42 Å². The molecule has 140 valence electrons. The first-order valence-electron chi connectivity index (χ1n) is 8.66. The normalized spacial score (nSPS) is 15.7. The lowest BCUT2D eigenvalue weighted by Crippen LogP contribution is -2.29. The Morgan fingerprint density at radius 2 is 1.81 bits per heavy atom. The molecule has 3 rings (SSSR count). The Balaban J connectivity index is 1.87. The van der Waals surface area contributed by atoms with Crippen LogP contribution in [0.25, 0.3) is 6.08 Å². The van der Waals surface area contributed by atoms with E-state index >= 15 is 0 Å². The zero-order valence-corrected chi connectivity index (χ0v) is 17.0. The van der Waals surface area contributed by atoms with Crippen LogP contribution in [-0.4, -0.2) is 25.8 Å². The van der Waals surface area contributed by atoms with E-state index in [2.05, 4.69) is 6.58 Å². The van der Waals surface area contributed by atoms with Crippen LogP contribution < -0.4 is 0 Å². The van der Waals surface area contributed by atoms with E-state index in [1.165, 1.54) is 4.31 Å². The maximum absolute atomic E-state index is 13.0. The van der Waals surface area contributed by atoms with Gasteiger partial charge in [0.2, 0.25) is 10.0 Å². The summed E-state index contributed by atoms with van der Waals surface area (Å²) in [5.41, 5.74) is 4.79. The van der Waals surface area contributed by atoms with E-state index in [4.69, 9.17) is 11.6 Å². The Bertz CT molecular complexity index is 1030. The van der Waals surface area contributed by atoms with Gasteiger partial charge in [0.05, 0.1) is 4.90 Å². The van der Waals surface area contributed by atoms with Crippen LogP contribution in [0.5, 0.6) is 0 Å². The minimum atomic E-state index is -3.55. The van der Waals surface area contributed by atoms with Crippen molar-refractivity contribution in [1.82, 2.24) is 4.31 Å². The highest BCUT2D eigenvalue weighted by Crippen LogP contribution is 2.29. The number of nitrogens with zero attached hydrogens (tertiary/aromatic N) is 1. The van der Waals surface area contributed by atoms with Gasteiger partial charge >= 0.3 is 0 Å². The Morgan fingerprint density at radius 3 is 2.44 bits per heavy atom. The topological polar surface area (TPSA) is 37.4 Å². The third-order valence-electron chi connectivity index (χ3n) is 4.57. The van der Waals surface area contributed by atoms with Crippen molar-refractivity contribution in [2.24, 2.45) is 0 Å². The number of aryl methyl sites for hydroxylation is 1. The second kappa shape index (κ2) is 7.85. The van der Waals surface area contributed by atoms with Gasteiger partial charge in [0, 0.05) is 18.1 Å². The molecule has 5 heteroatoms. The molecule has 0 saturated heterocycles. The molecule has 0 fully saturated rings. The highest BCUT2D eigenvalue weighted by molar-refractivity contribution is 7.89. The van der Waals surface area contributed by atoms with Crippen molar-refractivity contribution in [2.45, 2.75) is 18.7 Å². The maximum Gasteiger partial charge on any atom is 0.243 e. The predicted molar refractivity (Wildman–Crippen MR) is 112 cm³/mol. The van der Waals surface area contributed by atoms with Crippen molar-refractivity contribution in [3.63, 3.8) is 0 Å². The highest BCUT2D eigenvalue weighted by Gasteiger charge is 2.31. The summed E-state index contributed by atoms with van der Waals surface area (Å²) in [7, 11) is -3.55.